The van der Waals surface area contributed by atoms with Crippen LogP contribution >= 0.6 is 0 Å². The first kappa shape index (κ1) is 13.7. The average molecular weight is 238 g/mol. The number of rotatable bonds is 3. The Morgan fingerprint density at radius 3 is 2.41 bits per heavy atom. The van der Waals surface area contributed by atoms with Crippen molar-refractivity contribution in [1.82, 2.24) is 0 Å². The molecule has 0 aliphatic carbocycles. The van der Waals surface area contributed by atoms with Crippen molar-refractivity contribution < 1.29 is 13.9 Å². The van der Waals surface area contributed by atoms with Gasteiger partial charge in [-0.15, -0.1) is 0 Å². The van der Waals surface area contributed by atoms with E-state index in [2.05, 4.69) is 13.8 Å². The number of hydrogen-bond acceptors (Lipinski definition) is 2. The average Bonchev–Trinajstić information content (AvgIpc) is 2.19. The van der Waals surface area contributed by atoms with E-state index in [1.807, 2.05) is 19.1 Å². The standard InChI is InChI=1S/C14H19FO2/c1-9(2)11-7-6-10(3)12(8-11)17-13(16)14(4,5)15/h6-9H,1-5H3. The normalized spacial score (nSPS) is 11.7. The van der Waals surface area contributed by atoms with Crippen LogP contribution in [0.5, 0.6) is 5.75 Å². The summed E-state index contributed by atoms with van der Waals surface area (Å²) >= 11 is 0. The van der Waals surface area contributed by atoms with Gasteiger partial charge in [-0.05, 0) is 43.9 Å². The Kier molecular flexibility index (Phi) is 3.91. The van der Waals surface area contributed by atoms with Crippen LogP contribution in [-0.2, 0) is 4.79 Å². The van der Waals surface area contributed by atoms with Gasteiger partial charge in [-0.25, -0.2) is 9.18 Å². The summed E-state index contributed by atoms with van der Waals surface area (Å²) in [5.41, 5.74) is -0.0811. The van der Waals surface area contributed by atoms with Crippen molar-refractivity contribution in [3.8, 4) is 5.75 Å². The molecule has 0 N–H and O–H groups in total. The van der Waals surface area contributed by atoms with E-state index in [4.69, 9.17) is 4.74 Å². The number of carbonyl (C=O) groups excluding carboxylic acids is 1. The molecule has 0 bridgehead atoms. The van der Waals surface area contributed by atoms with Crippen LogP contribution in [0, 0.1) is 6.92 Å². The molecule has 0 saturated heterocycles. The lowest BCUT2D eigenvalue weighted by molar-refractivity contribution is -0.145. The van der Waals surface area contributed by atoms with E-state index in [-0.39, 0.29) is 0 Å². The summed E-state index contributed by atoms with van der Waals surface area (Å²) in [6.07, 6.45) is 0. The van der Waals surface area contributed by atoms with E-state index in [1.165, 1.54) is 13.8 Å². The van der Waals surface area contributed by atoms with Gasteiger partial charge < -0.3 is 4.74 Å². The first-order valence-electron chi connectivity index (χ1n) is 5.73. The minimum absolute atomic E-state index is 0.339. The number of ether oxygens (including phenoxy) is 1. The van der Waals surface area contributed by atoms with Gasteiger partial charge in [-0.2, -0.15) is 0 Å². The van der Waals surface area contributed by atoms with Gasteiger partial charge in [0.1, 0.15) is 5.75 Å². The molecule has 1 rings (SSSR count). The van der Waals surface area contributed by atoms with E-state index in [0.717, 1.165) is 11.1 Å². The molecule has 0 radical (unpaired) electrons. The van der Waals surface area contributed by atoms with Gasteiger partial charge in [0.15, 0.2) is 0 Å². The van der Waals surface area contributed by atoms with E-state index in [0.29, 0.717) is 11.7 Å². The van der Waals surface area contributed by atoms with E-state index in [9.17, 15) is 9.18 Å². The van der Waals surface area contributed by atoms with Gasteiger partial charge in [0, 0.05) is 0 Å². The Balaban J connectivity index is 2.98. The van der Waals surface area contributed by atoms with Crippen LogP contribution in [0.1, 0.15) is 44.7 Å². The predicted octanol–water partition coefficient (Wildman–Crippen LogP) is 3.77. The summed E-state index contributed by atoms with van der Waals surface area (Å²) in [6, 6.07) is 5.66. The fourth-order valence-corrected chi connectivity index (χ4v) is 1.31. The van der Waals surface area contributed by atoms with Crippen molar-refractivity contribution in [1.29, 1.82) is 0 Å². The lowest BCUT2D eigenvalue weighted by Gasteiger charge is -2.15. The third-order valence-corrected chi connectivity index (χ3v) is 2.57. The second-order valence-corrected chi connectivity index (χ2v) is 5.04. The third kappa shape index (κ3) is 3.55. The van der Waals surface area contributed by atoms with Crippen LogP contribution in [0.3, 0.4) is 0 Å². The Morgan fingerprint density at radius 2 is 1.94 bits per heavy atom. The van der Waals surface area contributed by atoms with Gasteiger partial charge in [0.25, 0.3) is 0 Å². The van der Waals surface area contributed by atoms with Gasteiger partial charge in [-0.1, -0.05) is 26.0 Å². The summed E-state index contributed by atoms with van der Waals surface area (Å²) in [6.45, 7) is 8.32. The summed E-state index contributed by atoms with van der Waals surface area (Å²) in [5, 5.41) is 0. The number of aryl methyl sites for hydroxylation is 1. The highest BCUT2D eigenvalue weighted by Crippen LogP contribution is 2.25. The Morgan fingerprint density at radius 1 is 1.35 bits per heavy atom. The number of alkyl halides is 1. The monoisotopic (exact) mass is 238 g/mol. The van der Waals surface area contributed by atoms with Crippen LogP contribution in [0.2, 0.25) is 0 Å². The zero-order chi connectivity index (χ0) is 13.2. The maximum atomic E-state index is 13.4. The molecule has 2 nitrogen and oxygen atoms in total. The molecular weight excluding hydrogens is 219 g/mol. The first-order chi connectivity index (χ1) is 7.71. The maximum Gasteiger partial charge on any atom is 0.348 e. The topological polar surface area (TPSA) is 26.3 Å². The van der Waals surface area contributed by atoms with Crippen LogP contribution in [-0.4, -0.2) is 11.6 Å². The fraction of sp³-hybridized carbons (Fsp3) is 0.500. The predicted molar refractivity (Wildman–Crippen MR) is 66.1 cm³/mol. The molecule has 1 aromatic rings. The number of hydrogen-bond donors (Lipinski definition) is 0. The molecule has 1 aromatic carbocycles. The van der Waals surface area contributed by atoms with E-state index in [1.54, 1.807) is 6.07 Å². The molecule has 0 aliphatic heterocycles. The van der Waals surface area contributed by atoms with Crippen molar-refractivity contribution in [3.63, 3.8) is 0 Å². The lowest BCUT2D eigenvalue weighted by atomic mass is 10.0. The molecule has 94 valence electrons. The third-order valence-electron chi connectivity index (χ3n) is 2.57. The molecule has 0 spiro atoms. The molecular formula is C14H19FO2. The van der Waals surface area contributed by atoms with Gasteiger partial charge in [0.2, 0.25) is 5.67 Å². The molecule has 0 amide bonds. The highest BCUT2D eigenvalue weighted by molar-refractivity contribution is 5.80. The molecule has 0 heterocycles. The minimum Gasteiger partial charge on any atom is -0.424 e. The number of esters is 1. The van der Waals surface area contributed by atoms with Crippen molar-refractivity contribution in [2.45, 2.75) is 46.2 Å². The molecule has 0 atom stereocenters. The Bertz CT molecular complexity index is 417. The SMILES string of the molecule is Cc1ccc(C(C)C)cc1OC(=O)C(C)(C)F. The van der Waals surface area contributed by atoms with Gasteiger partial charge in [0.05, 0.1) is 0 Å². The summed E-state index contributed by atoms with van der Waals surface area (Å²) < 4.78 is 18.5. The molecule has 3 heteroatoms. The second-order valence-electron chi connectivity index (χ2n) is 5.04. The van der Waals surface area contributed by atoms with Gasteiger partial charge >= 0.3 is 5.97 Å². The molecule has 0 aromatic heterocycles. The Hall–Kier alpha value is -1.38. The van der Waals surface area contributed by atoms with Crippen molar-refractivity contribution in [2.24, 2.45) is 0 Å². The molecule has 0 saturated carbocycles. The first-order valence-corrected chi connectivity index (χ1v) is 5.73. The van der Waals surface area contributed by atoms with E-state index >= 15 is 0 Å². The van der Waals surface area contributed by atoms with Gasteiger partial charge in [-0.3, -0.25) is 0 Å². The molecule has 0 unspecified atom stereocenters. The zero-order valence-electron chi connectivity index (χ0n) is 11.0. The van der Waals surface area contributed by atoms with Crippen LogP contribution < -0.4 is 4.74 Å². The van der Waals surface area contributed by atoms with Crippen molar-refractivity contribution in [2.75, 3.05) is 0 Å². The number of carbonyl (C=O) groups is 1. The lowest BCUT2D eigenvalue weighted by Crippen LogP contribution is -2.31. The van der Waals surface area contributed by atoms with Crippen molar-refractivity contribution >= 4 is 5.97 Å². The highest BCUT2D eigenvalue weighted by Gasteiger charge is 2.29. The number of halogens is 1. The number of benzene rings is 1. The largest absolute Gasteiger partial charge is 0.424 e. The quantitative estimate of drug-likeness (QED) is 0.592. The smallest absolute Gasteiger partial charge is 0.348 e. The molecule has 0 aliphatic rings. The van der Waals surface area contributed by atoms with Crippen molar-refractivity contribution in [3.05, 3.63) is 29.3 Å². The van der Waals surface area contributed by atoms with E-state index < -0.39 is 11.6 Å². The maximum absolute atomic E-state index is 13.4. The highest BCUT2D eigenvalue weighted by atomic mass is 19.1. The molecule has 17 heavy (non-hydrogen) atoms. The second kappa shape index (κ2) is 4.86. The van der Waals surface area contributed by atoms with Crippen LogP contribution in [0.4, 0.5) is 4.39 Å². The summed E-state index contributed by atoms with van der Waals surface area (Å²) in [7, 11) is 0. The summed E-state index contributed by atoms with van der Waals surface area (Å²) in [5.74, 6) is -0.0835. The summed E-state index contributed by atoms with van der Waals surface area (Å²) in [4.78, 5) is 11.5. The zero-order valence-corrected chi connectivity index (χ0v) is 11.0. The van der Waals surface area contributed by atoms with Crippen LogP contribution in [0.25, 0.3) is 0 Å². The minimum atomic E-state index is -1.97. The fourth-order valence-electron chi connectivity index (χ4n) is 1.31. The van der Waals surface area contributed by atoms with Crippen LogP contribution in [0.15, 0.2) is 18.2 Å². The Labute approximate surface area is 102 Å². The molecule has 0 fully saturated rings.